The molecule has 30 heavy (non-hydrogen) atoms. The normalized spacial score (nSPS) is 14.6. The van der Waals surface area contributed by atoms with Crippen molar-refractivity contribution in [2.24, 2.45) is 0 Å². The molecule has 0 aromatic heterocycles. The number of halogens is 1. The van der Waals surface area contributed by atoms with Gasteiger partial charge in [-0.2, -0.15) is 0 Å². The van der Waals surface area contributed by atoms with Gasteiger partial charge in [0.05, 0.1) is 23.0 Å². The molecule has 1 saturated heterocycles. The largest absolute Gasteiger partial charge is 0.497 e. The van der Waals surface area contributed by atoms with Crippen molar-refractivity contribution in [2.45, 2.75) is 6.92 Å². The third kappa shape index (κ3) is 4.76. The third-order valence-electron chi connectivity index (χ3n) is 4.20. The smallest absolute Gasteiger partial charge is 0.281 e. The van der Waals surface area contributed by atoms with E-state index in [2.05, 4.69) is 34.5 Å². The molecule has 0 radical (unpaired) electrons. The van der Waals surface area contributed by atoms with Crippen LogP contribution >= 0.6 is 34.8 Å². The number of carbonyl (C=O) groups is 1. The van der Waals surface area contributed by atoms with Crippen LogP contribution in [0.5, 0.6) is 17.2 Å². The van der Waals surface area contributed by atoms with E-state index >= 15 is 0 Å². The summed E-state index contributed by atoms with van der Waals surface area (Å²) in [5, 5.41) is 3.32. The Kier molecular flexibility index (Phi) is 7.33. The van der Waals surface area contributed by atoms with Gasteiger partial charge >= 0.3 is 0 Å². The zero-order valence-corrected chi connectivity index (χ0v) is 19.6. The van der Waals surface area contributed by atoms with Gasteiger partial charge in [0.2, 0.25) is 0 Å². The van der Waals surface area contributed by atoms with Gasteiger partial charge in [0.25, 0.3) is 5.91 Å². The van der Waals surface area contributed by atoms with Crippen LogP contribution in [-0.4, -0.2) is 31.3 Å². The fraction of sp³-hybridized carbons (Fsp3) is 0.182. The first-order chi connectivity index (χ1) is 14.5. The van der Waals surface area contributed by atoms with Crippen molar-refractivity contribution in [3.63, 3.8) is 0 Å². The highest BCUT2D eigenvalue weighted by Crippen LogP contribution is 2.35. The van der Waals surface area contributed by atoms with Crippen LogP contribution < -0.4 is 24.4 Å². The second-order valence-electron chi connectivity index (χ2n) is 6.19. The van der Waals surface area contributed by atoms with E-state index in [4.69, 9.17) is 26.4 Å². The number of anilines is 1. The van der Waals surface area contributed by atoms with Crippen molar-refractivity contribution in [3.8, 4) is 17.2 Å². The molecule has 6 nitrogen and oxygen atoms in total. The molecule has 0 atom stereocenters. The van der Waals surface area contributed by atoms with Crippen molar-refractivity contribution < 1.29 is 19.0 Å². The molecule has 0 aliphatic carbocycles. The molecule has 1 aliphatic heterocycles. The lowest BCUT2D eigenvalue weighted by Crippen LogP contribution is -2.30. The standard InChI is InChI=1S/C22H21IN2O4S/c1-4-10-29-20-17(23)11-14(13-19(20)28-5-2)12-18-21(26)25(22(30)24-18)15-6-8-16(27-3)9-7-15/h4,6-9,11-13H,1,5,10H2,2-3H3,(H,24,30)/b18-12+. The monoisotopic (exact) mass is 536 g/mol. The molecule has 1 N–H and O–H groups in total. The van der Waals surface area contributed by atoms with Gasteiger partial charge in [0.15, 0.2) is 16.6 Å². The fourth-order valence-corrected chi connectivity index (χ4v) is 3.96. The van der Waals surface area contributed by atoms with E-state index < -0.39 is 0 Å². The molecule has 0 unspecified atom stereocenters. The van der Waals surface area contributed by atoms with E-state index in [0.29, 0.717) is 47.0 Å². The Morgan fingerprint density at radius 3 is 2.60 bits per heavy atom. The maximum absolute atomic E-state index is 13.0. The number of amides is 1. The van der Waals surface area contributed by atoms with Crippen LogP contribution in [0.4, 0.5) is 5.69 Å². The summed E-state index contributed by atoms with van der Waals surface area (Å²) in [5.74, 6) is 1.74. The van der Waals surface area contributed by atoms with Crippen molar-refractivity contribution in [3.05, 3.63) is 63.9 Å². The zero-order chi connectivity index (χ0) is 21.7. The number of hydrogen-bond acceptors (Lipinski definition) is 5. The van der Waals surface area contributed by atoms with Crippen LogP contribution in [0.15, 0.2) is 54.8 Å². The minimum Gasteiger partial charge on any atom is -0.497 e. The number of methoxy groups -OCH3 is 1. The highest BCUT2D eigenvalue weighted by atomic mass is 127. The molecule has 2 aromatic rings. The summed E-state index contributed by atoms with van der Waals surface area (Å²) in [6, 6.07) is 10.9. The number of nitrogens with zero attached hydrogens (tertiary/aromatic N) is 1. The Morgan fingerprint density at radius 2 is 1.97 bits per heavy atom. The second kappa shape index (κ2) is 9.94. The quantitative estimate of drug-likeness (QED) is 0.232. The van der Waals surface area contributed by atoms with E-state index in [-0.39, 0.29) is 5.91 Å². The molecule has 0 bridgehead atoms. The molecular weight excluding hydrogens is 515 g/mol. The van der Waals surface area contributed by atoms with Gasteiger partial charge < -0.3 is 19.5 Å². The zero-order valence-electron chi connectivity index (χ0n) is 16.6. The van der Waals surface area contributed by atoms with Gasteiger partial charge in [-0.15, -0.1) is 0 Å². The van der Waals surface area contributed by atoms with Gasteiger partial charge in [-0.25, -0.2) is 0 Å². The molecule has 0 spiro atoms. The van der Waals surface area contributed by atoms with Crippen LogP contribution in [-0.2, 0) is 4.79 Å². The molecule has 156 valence electrons. The minimum absolute atomic E-state index is 0.231. The molecule has 3 rings (SSSR count). The highest BCUT2D eigenvalue weighted by molar-refractivity contribution is 14.1. The molecule has 1 amide bonds. The van der Waals surface area contributed by atoms with Crippen LogP contribution in [0, 0.1) is 3.57 Å². The Balaban J connectivity index is 1.91. The predicted molar refractivity (Wildman–Crippen MR) is 130 cm³/mol. The Labute approximate surface area is 194 Å². The molecule has 1 heterocycles. The number of carbonyl (C=O) groups excluding carboxylic acids is 1. The van der Waals surface area contributed by atoms with Crippen LogP contribution in [0.1, 0.15) is 12.5 Å². The first-order valence-corrected chi connectivity index (χ1v) is 10.7. The van der Waals surface area contributed by atoms with E-state index in [1.807, 2.05) is 19.1 Å². The number of nitrogens with one attached hydrogen (secondary N) is 1. The Bertz CT molecular complexity index is 1000. The number of ether oxygens (including phenoxy) is 3. The van der Waals surface area contributed by atoms with Crippen molar-refractivity contribution >= 4 is 57.6 Å². The molecule has 1 aliphatic rings. The molecular formula is C22H21IN2O4S. The lowest BCUT2D eigenvalue weighted by molar-refractivity contribution is -0.113. The first-order valence-electron chi connectivity index (χ1n) is 9.19. The number of benzene rings is 2. The van der Waals surface area contributed by atoms with Crippen LogP contribution in [0.3, 0.4) is 0 Å². The lowest BCUT2D eigenvalue weighted by atomic mass is 10.1. The summed E-state index contributed by atoms with van der Waals surface area (Å²) >= 11 is 7.57. The topological polar surface area (TPSA) is 60.0 Å². The SMILES string of the molecule is C=CCOc1c(I)cc(/C=C2/NC(=S)N(c3ccc(OC)cc3)C2=O)cc1OCC. The average Bonchev–Trinajstić information content (AvgIpc) is 3.00. The molecule has 1 fully saturated rings. The van der Waals surface area contributed by atoms with Gasteiger partial charge in [0.1, 0.15) is 18.1 Å². The van der Waals surface area contributed by atoms with Gasteiger partial charge in [-0.05, 0) is 89.8 Å². The molecule has 0 saturated carbocycles. The summed E-state index contributed by atoms with van der Waals surface area (Å²) in [6.07, 6.45) is 3.43. The number of hydrogen-bond donors (Lipinski definition) is 1. The number of thiocarbonyl (C=S) groups is 1. The van der Waals surface area contributed by atoms with Gasteiger partial charge in [0, 0.05) is 0 Å². The van der Waals surface area contributed by atoms with Gasteiger partial charge in [-0.3, -0.25) is 9.69 Å². The maximum atomic E-state index is 13.0. The van der Waals surface area contributed by atoms with Crippen molar-refractivity contribution in [2.75, 3.05) is 25.2 Å². The van der Waals surface area contributed by atoms with Crippen molar-refractivity contribution in [1.82, 2.24) is 5.32 Å². The lowest BCUT2D eigenvalue weighted by Gasteiger charge is -2.14. The second-order valence-corrected chi connectivity index (χ2v) is 7.74. The maximum Gasteiger partial charge on any atom is 0.281 e. The Hall–Kier alpha value is -2.59. The number of rotatable bonds is 8. The van der Waals surface area contributed by atoms with Crippen LogP contribution in [0.25, 0.3) is 6.08 Å². The Morgan fingerprint density at radius 1 is 1.23 bits per heavy atom. The van der Waals surface area contributed by atoms with E-state index in [9.17, 15) is 4.79 Å². The minimum atomic E-state index is -0.231. The van der Waals surface area contributed by atoms with Crippen molar-refractivity contribution in [1.29, 1.82) is 0 Å². The first kappa shape index (κ1) is 22.1. The van der Waals surface area contributed by atoms with Crippen LogP contribution in [0.2, 0.25) is 0 Å². The average molecular weight is 536 g/mol. The van der Waals surface area contributed by atoms with E-state index in [0.717, 1.165) is 9.13 Å². The molecule has 8 heteroatoms. The highest BCUT2D eigenvalue weighted by Gasteiger charge is 2.32. The van der Waals surface area contributed by atoms with E-state index in [1.54, 1.807) is 43.5 Å². The fourth-order valence-electron chi connectivity index (χ4n) is 2.88. The summed E-state index contributed by atoms with van der Waals surface area (Å²) in [5.41, 5.74) is 1.84. The van der Waals surface area contributed by atoms with Gasteiger partial charge in [-0.1, -0.05) is 12.7 Å². The predicted octanol–water partition coefficient (Wildman–Crippen LogP) is 4.53. The summed E-state index contributed by atoms with van der Waals surface area (Å²) in [6.45, 7) is 6.45. The molecule has 2 aromatic carbocycles. The summed E-state index contributed by atoms with van der Waals surface area (Å²) in [7, 11) is 1.59. The summed E-state index contributed by atoms with van der Waals surface area (Å²) < 4.78 is 17.5. The third-order valence-corrected chi connectivity index (χ3v) is 5.28. The summed E-state index contributed by atoms with van der Waals surface area (Å²) in [4.78, 5) is 14.4. The van der Waals surface area contributed by atoms with E-state index in [1.165, 1.54) is 4.90 Å².